The van der Waals surface area contributed by atoms with E-state index in [4.69, 9.17) is 9.47 Å². The topological polar surface area (TPSA) is 99.5 Å². The molecular weight excluding hydrogens is 626 g/mol. The Morgan fingerprint density at radius 3 is 2.50 bits per heavy atom. The van der Waals surface area contributed by atoms with E-state index in [2.05, 4.69) is 37.0 Å². The van der Waals surface area contributed by atoms with Crippen molar-refractivity contribution in [3.63, 3.8) is 0 Å². The normalized spacial score (nSPS) is 24.8. The fourth-order valence-electron chi connectivity index (χ4n) is 8.22. The van der Waals surface area contributed by atoms with Gasteiger partial charge in [0.15, 0.2) is 5.78 Å². The zero-order valence-electron chi connectivity index (χ0n) is 30.2. The van der Waals surface area contributed by atoms with Gasteiger partial charge in [-0.15, -0.1) is 0 Å². The Labute approximate surface area is 298 Å². The summed E-state index contributed by atoms with van der Waals surface area (Å²) in [6.07, 6.45) is 6.62. The molecule has 0 radical (unpaired) electrons. The maximum atomic E-state index is 14.2. The molecule has 3 aromatic carbocycles. The minimum atomic E-state index is -1.07. The average Bonchev–Trinajstić information content (AvgIpc) is 3.36. The summed E-state index contributed by atoms with van der Waals surface area (Å²) in [6, 6.07) is 25.5. The van der Waals surface area contributed by atoms with Crippen molar-refractivity contribution in [2.45, 2.75) is 95.5 Å². The first-order chi connectivity index (χ1) is 24.1. The van der Waals surface area contributed by atoms with Crippen LogP contribution in [0.15, 0.2) is 90.5 Å². The molecule has 0 heterocycles. The van der Waals surface area contributed by atoms with Crippen molar-refractivity contribution in [1.82, 2.24) is 4.90 Å². The Morgan fingerprint density at radius 2 is 1.76 bits per heavy atom. The van der Waals surface area contributed by atoms with Gasteiger partial charge in [-0.3, -0.25) is 9.69 Å². The van der Waals surface area contributed by atoms with E-state index >= 15 is 0 Å². The molecule has 0 unspecified atom stereocenters. The summed E-state index contributed by atoms with van der Waals surface area (Å²) >= 11 is 0. The first-order valence-electron chi connectivity index (χ1n) is 18.4. The van der Waals surface area contributed by atoms with Crippen LogP contribution < -0.4 is 0 Å². The lowest BCUT2D eigenvalue weighted by molar-refractivity contribution is -0.0913. The van der Waals surface area contributed by atoms with Crippen molar-refractivity contribution in [2.24, 2.45) is 5.41 Å². The molecule has 0 amide bonds. The van der Waals surface area contributed by atoms with Crippen LogP contribution in [0.1, 0.15) is 97.3 Å². The van der Waals surface area contributed by atoms with Crippen LogP contribution in [0.25, 0.3) is 0 Å². The molecule has 2 bridgehead atoms. The first kappa shape index (κ1) is 38.1. The van der Waals surface area contributed by atoms with Crippen LogP contribution >= 0.6 is 0 Å². The van der Waals surface area contributed by atoms with Gasteiger partial charge in [-0.25, -0.2) is 0 Å². The molecule has 0 saturated heterocycles. The molecule has 3 aliphatic rings. The molecule has 7 heteroatoms. The van der Waals surface area contributed by atoms with Crippen LogP contribution in [0.2, 0.25) is 0 Å². The molecule has 5 atom stereocenters. The number of hydrogen-bond donors (Lipinski definition) is 3. The van der Waals surface area contributed by atoms with Gasteiger partial charge in [-0.05, 0) is 87.0 Å². The second-order valence-electron chi connectivity index (χ2n) is 14.9. The maximum Gasteiger partial charge on any atom is 0.193 e. The molecule has 3 N–H and O–H groups in total. The third-order valence-electron chi connectivity index (χ3n) is 11.2. The van der Waals surface area contributed by atoms with Crippen LogP contribution in [0, 0.1) is 5.41 Å². The molecule has 1 fully saturated rings. The van der Waals surface area contributed by atoms with Crippen LogP contribution in [0.4, 0.5) is 0 Å². The Balaban J connectivity index is 1.45. The minimum Gasteiger partial charge on any atom is -0.393 e. The molecule has 0 aliphatic heterocycles. The van der Waals surface area contributed by atoms with Crippen molar-refractivity contribution in [1.29, 1.82) is 0 Å². The van der Waals surface area contributed by atoms with Crippen molar-refractivity contribution in [2.75, 3.05) is 40.0 Å². The molecular formula is C43H57NO6. The number of ether oxygens (including phenoxy) is 2. The highest BCUT2D eigenvalue weighted by Gasteiger charge is 2.57. The van der Waals surface area contributed by atoms with Crippen LogP contribution in [0.5, 0.6) is 0 Å². The highest BCUT2D eigenvalue weighted by molar-refractivity contribution is 6.10. The van der Waals surface area contributed by atoms with Gasteiger partial charge >= 0.3 is 0 Å². The number of carbonyl (C=O) groups excluding carboxylic acids is 1. The van der Waals surface area contributed by atoms with Gasteiger partial charge in [-0.2, -0.15) is 0 Å². The van der Waals surface area contributed by atoms with E-state index in [0.717, 1.165) is 48.8 Å². The van der Waals surface area contributed by atoms with Gasteiger partial charge in [0, 0.05) is 49.9 Å². The number of carbonyl (C=O) groups is 1. The zero-order chi connectivity index (χ0) is 35.6. The van der Waals surface area contributed by atoms with E-state index in [9.17, 15) is 20.1 Å². The van der Waals surface area contributed by atoms with Gasteiger partial charge in [0.2, 0.25) is 0 Å². The average molecular weight is 684 g/mol. The summed E-state index contributed by atoms with van der Waals surface area (Å²) in [5, 5.41) is 34.9. The highest BCUT2D eigenvalue weighted by atomic mass is 16.5. The number of methoxy groups -OCH3 is 1. The highest BCUT2D eigenvalue weighted by Crippen LogP contribution is 2.59. The summed E-state index contributed by atoms with van der Waals surface area (Å²) in [4.78, 5) is 16.4. The molecule has 3 aliphatic carbocycles. The predicted octanol–water partition coefficient (Wildman–Crippen LogP) is 6.87. The Kier molecular flexibility index (Phi) is 13.6. The number of rotatable bonds is 14. The van der Waals surface area contributed by atoms with Crippen molar-refractivity contribution < 1.29 is 29.6 Å². The number of ketones is 1. The SMILES string of the molecule is COCCCN(C[C@@H](O)COCc1ccccc1)C[C@]1(O)CC[C@H]2c3ccc(cc3C(=O)c3ccccc3)C[C@@H](O)CCC(C)=CCC[C@@]21C. The number of aliphatic hydroxyl groups excluding tert-OH is 2. The van der Waals surface area contributed by atoms with E-state index in [1.807, 2.05) is 66.7 Å². The molecule has 0 spiro atoms. The van der Waals surface area contributed by atoms with Crippen molar-refractivity contribution in [3.05, 3.63) is 118 Å². The number of fused-ring (bicyclic) bond motifs is 8. The number of hydrogen-bond acceptors (Lipinski definition) is 7. The molecule has 270 valence electrons. The lowest BCUT2D eigenvalue weighted by Crippen LogP contribution is -2.54. The van der Waals surface area contributed by atoms with Gasteiger partial charge in [0.25, 0.3) is 0 Å². The summed E-state index contributed by atoms with van der Waals surface area (Å²) in [5.74, 6) is -0.0943. The van der Waals surface area contributed by atoms with Crippen molar-refractivity contribution >= 4 is 5.78 Å². The fraction of sp³-hybridized carbons (Fsp3) is 0.512. The number of benzene rings is 3. The van der Waals surface area contributed by atoms with E-state index in [1.165, 1.54) is 5.57 Å². The summed E-state index contributed by atoms with van der Waals surface area (Å²) in [5.41, 5.74) is 3.88. The molecule has 3 aromatic rings. The zero-order valence-corrected chi connectivity index (χ0v) is 30.2. The van der Waals surface area contributed by atoms with Crippen LogP contribution in [-0.2, 0) is 22.5 Å². The number of nitrogens with zero attached hydrogens (tertiary/aromatic N) is 1. The predicted molar refractivity (Wildman–Crippen MR) is 198 cm³/mol. The molecule has 0 aromatic heterocycles. The van der Waals surface area contributed by atoms with E-state index in [0.29, 0.717) is 63.2 Å². The summed E-state index contributed by atoms with van der Waals surface area (Å²) in [7, 11) is 1.69. The van der Waals surface area contributed by atoms with Crippen molar-refractivity contribution in [3.8, 4) is 0 Å². The van der Waals surface area contributed by atoms with Gasteiger partial charge < -0.3 is 24.8 Å². The van der Waals surface area contributed by atoms with Gasteiger partial charge in [0.05, 0.1) is 31.0 Å². The van der Waals surface area contributed by atoms with Gasteiger partial charge in [-0.1, -0.05) is 91.4 Å². The molecule has 7 nitrogen and oxygen atoms in total. The minimum absolute atomic E-state index is 0.0302. The molecule has 1 saturated carbocycles. The monoisotopic (exact) mass is 683 g/mol. The Bertz CT molecular complexity index is 1540. The largest absolute Gasteiger partial charge is 0.393 e. The second kappa shape index (κ2) is 17.9. The van der Waals surface area contributed by atoms with E-state index in [1.54, 1.807) is 7.11 Å². The number of allylic oxidation sites excluding steroid dienone is 2. The Morgan fingerprint density at radius 1 is 1.02 bits per heavy atom. The Hall–Kier alpha value is -3.17. The van der Waals surface area contributed by atoms with Crippen LogP contribution in [0.3, 0.4) is 0 Å². The first-order valence-corrected chi connectivity index (χ1v) is 18.4. The fourth-order valence-corrected chi connectivity index (χ4v) is 8.22. The molecule has 6 rings (SSSR count). The smallest absolute Gasteiger partial charge is 0.193 e. The second-order valence-corrected chi connectivity index (χ2v) is 14.9. The third kappa shape index (κ3) is 9.58. The summed E-state index contributed by atoms with van der Waals surface area (Å²) < 4.78 is 11.3. The third-order valence-corrected chi connectivity index (χ3v) is 11.2. The van der Waals surface area contributed by atoms with Gasteiger partial charge in [0.1, 0.15) is 0 Å². The lowest BCUT2D eigenvalue weighted by Gasteiger charge is -2.46. The summed E-state index contributed by atoms with van der Waals surface area (Å²) in [6.45, 7) is 6.99. The maximum absolute atomic E-state index is 14.2. The van der Waals surface area contributed by atoms with E-state index < -0.39 is 23.2 Å². The lowest BCUT2D eigenvalue weighted by atomic mass is 9.64. The number of aliphatic hydroxyl groups is 3. The quantitative estimate of drug-likeness (QED) is 0.0969. The van der Waals surface area contributed by atoms with E-state index in [-0.39, 0.29) is 18.3 Å². The molecule has 50 heavy (non-hydrogen) atoms. The van der Waals surface area contributed by atoms with Crippen LogP contribution in [-0.4, -0.2) is 83.8 Å². The standard InChI is InChI=1S/C43H57NO6/c1-32-12-10-22-42(2)40(38-20-18-34(26-36(45)19-17-32)27-39(38)41(47)35-15-8-5-9-16-35)21-23-43(42,48)31-44(24-11-25-49-3)28-37(46)30-50-29-33-13-6-4-7-14-33/h4-9,12-16,18,20,27,36-37,40,45-46,48H,10-11,17,19,21-26,28-31H2,1-3H3/t36-,37+,40-,42-,43+/m0/s1.